The van der Waals surface area contributed by atoms with Crippen LogP contribution in [-0.4, -0.2) is 23.1 Å². The van der Waals surface area contributed by atoms with Crippen molar-refractivity contribution < 1.29 is 19.4 Å². The summed E-state index contributed by atoms with van der Waals surface area (Å²) < 4.78 is 5.27. The molecule has 1 unspecified atom stereocenters. The molecule has 4 heteroatoms. The van der Waals surface area contributed by atoms with Gasteiger partial charge in [0.1, 0.15) is 0 Å². The van der Waals surface area contributed by atoms with Crippen molar-refractivity contribution >= 4 is 11.9 Å². The van der Waals surface area contributed by atoms with Crippen LogP contribution in [0.3, 0.4) is 0 Å². The zero-order chi connectivity index (χ0) is 13.8. The van der Waals surface area contributed by atoms with Gasteiger partial charge in [-0.3, -0.25) is 4.79 Å². The van der Waals surface area contributed by atoms with E-state index in [9.17, 15) is 14.7 Å². The van der Waals surface area contributed by atoms with Crippen LogP contribution in [0.2, 0.25) is 0 Å². The number of rotatable bonds is 5. The molecule has 104 valence electrons. The number of hydrogen-bond donors (Lipinski definition) is 1. The van der Waals surface area contributed by atoms with Gasteiger partial charge in [0.25, 0.3) is 0 Å². The van der Waals surface area contributed by atoms with Crippen LogP contribution in [0.4, 0.5) is 0 Å². The van der Waals surface area contributed by atoms with Crippen LogP contribution < -0.4 is 0 Å². The van der Waals surface area contributed by atoms with E-state index in [-0.39, 0.29) is 5.92 Å². The number of aliphatic carboxylic acids is 1. The average molecular weight is 256 g/mol. The minimum atomic E-state index is -1.01. The first kappa shape index (κ1) is 15.0. The Bertz CT molecular complexity index is 303. The molecule has 0 radical (unpaired) electrons. The Morgan fingerprint density at radius 3 is 2.28 bits per heavy atom. The van der Waals surface area contributed by atoms with Crippen molar-refractivity contribution in [3.63, 3.8) is 0 Å². The first-order chi connectivity index (χ1) is 8.38. The number of carbonyl (C=O) groups excluding carboxylic acids is 1. The number of ether oxygens (including phenoxy) is 1. The highest BCUT2D eigenvalue weighted by Gasteiger charge is 2.36. The van der Waals surface area contributed by atoms with Gasteiger partial charge in [-0.05, 0) is 33.1 Å². The molecule has 4 nitrogen and oxygen atoms in total. The quantitative estimate of drug-likeness (QED) is 0.768. The van der Waals surface area contributed by atoms with Crippen molar-refractivity contribution in [2.24, 2.45) is 11.3 Å². The molecule has 1 rings (SSSR count). The maximum Gasteiger partial charge on any atom is 0.345 e. The third-order valence-electron chi connectivity index (χ3n) is 3.99. The van der Waals surface area contributed by atoms with E-state index in [1.165, 1.54) is 0 Å². The molecule has 0 aromatic carbocycles. The van der Waals surface area contributed by atoms with Gasteiger partial charge >= 0.3 is 11.9 Å². The van der Waals surface area contributed by atoms with Crippen LogP contribution in [0.1, 0.15) is 59.3 Å². The lowest BCUT2D eigenvalue weighted by atomic mass is 9.84. The second kappa shape index (κ2) is 6.21. The highest BCUT2D eigenvalue weighted by molar-refractivity contribution is 5.81. The summed E-state index contributed by atoms with van der Waals surface area (Å²) in [5.41, 5.74) is -0.609. The standard InChI is InChI=1S/C14H24O4/c1-4-14(2,3)13(17)18-11(12(15)16)10-8-6-5-7-9-10/h10-11H,4-9H2,1-3H3,(H,15,16). The lowest BCUT2D eigenvalue weighted by Gasteiger charge is -2.30. The van der Waals surface area contributed by atoms with Crippen molar-refractivity contribution in [1.29, 1.82) is 0 Å². The van der Waals surface area contributed by atoms with Crippen LogP contribution in [0.15, 0.2) is 0 Å². The predicted octanol–water partition coefficient (Wildman–Crippen LogP) is 3.00. The maximum absolute atomic E-state index is 12.0. The van der Waals surface area contributed by atoms with E-state index in [1.54, 1.807) is 13.8 Å². The van der Waals surface area contributed by atoms with E-state index in [4.69, 9.17) is 4.74 Å². The van der Waals surface area contributed by atoms with Gasteiger partial charge in [0.05, 0.1) is 5.41 Å². The molecule has 0 amide bonds. The van der Waals surface area contributed by atoms with Crippen molar-refractivity contribution in [2.75, 3.05) is 0 Å². The molecule has 1 atom stereocenters. The fraction of sp³-hybridized carbons (Fsp3) is 0.857. The summed E-state index contributed by atoms with van der Waals surface area (Å²) in [6.45, 7) is 5.47. The molecule has 0 saturated heterocycles. The topological polar surface area (TPSA) is 63.6 Å². The zero-order valence-electron chi connectivity index (χ0n) is 11.6. The van der Waals surface area contributed by atoms with Gasteiger partial charge in [-0.1, -0.05) is 26.2 Å². The summed E-state index contributed by atoms with van der Waals surface area (Å²) in [5, 5.41) is 9.24. The molecule has 1 N–H and O–H groups in total. The van der Waals surface area contributed by atoms with Crippen molar-refractivity contribution in [3.05, 3.63) is 0 Å². The second-order valence-corrected chi connectivity index (χ2v) is 5.80. The Labute approximate surface area is 109 Å². The fourth-order valence-corrected chi connectivity index (χ4v) is 2.20. The van der Waals surface area contributed by atoms with Crippen LogP contribution in [0.5, 0.6) is 0 Å². The average Bonchev–Trinajstić information content (AvgIpc) is 2.36. The Balaban J connectivity index is 2.68. The number of carboxylic acids is 1. The lowest BCUT2D eigenvalue weighted by molar-refractivity contribution is -0.175. The van der Waals surface area contributed by atoms with Crippen LogP contribution in [-0.2, 0) is 14.3 Å². The van der Waals surface area contributed by atoms with Gasteiger partial charge in [0, 0.05) is 5.92 Å². The van der Waals surface area contributed by atoms with E-state index >= 15 is 0 Å². The van der Waals surface area contributed by atoms with Crippen molar-refractivity contribution in [2.45, 2.75) is 65.4 Å². The third-order valence-corrected chi connectivity index (χ3v) is 3.99. The lowest BCUT2D eigenvalue weighted by Crippen LogP contribution is -2.39. The van der Waals surface area contributed by atoms with Crippen molar-refractivity contribution in [1.82, 2.24) is 0 Å². The van der Waals surface area contributed by atoms with Gasteiger partial charge in [-0.15, -0.1) is 0 Å². The van der Waals surface area contributed by atoms with Crippen LogP contribution >= 0.6 is 0 Å². The molecule has 0 aromatic heterocycles. The monoisotopic (exact) mass is 256 g/mol. The Kier molecular flexibility index (Phi) is 5.17. The minimum Gasteiger partial charge on any atom is -0.478 e. The molecule has 0 aromatic rings. The SMILES string of the molecule is CCC(C)(C)C(=O)OC(C(=O)O)C1CCCCC1. The Morgan fingerprint density at radius 2 is 1.83 bits per heavy atom. The normalized spacial score (nSPS) is 19.3. The van der Waals surface area contributed by atoms with Crippen LogP contribution in [0, 0.1) is 11.3 Å². The van der Waals surface area contributed by atoms with Gasteiger partial charge in [-0.2, -0.15) is 0 Å². The number of hydrogen-bond acceptors (Lipinski definition) is 3. The van der Waals surface area contributed by atoms with Gasteiger partial charge < -0.3 is 9.84 Å². The molecular formula is C14H24O4. The van der Waals surface area contributed by atoms with Crippen molar-refractivity contribution in [3.8, 4) is 0 Å². The number of carboxylic acid groups (broad SMARTS) is 1. The molecule has 18 heavy (non-hydrogen) atoms. The highest BCUT2D eigenvalue weighted by atomic mass is 16.6. The molecule has 1 fully saturated rings. The molecular weight excluding hydrogens is 232 g/mol. The number of esters is 1. The smallest absolute Gasteiger partial charge is 0.345 e. The van der Waals surface area contributed by atoms with E-state index in [0.717, 1.165) is 32.1 Å². The summed E-state index contributed by atoms with van der Waals surface area (Å²) in [6.07, 6.45) is 4.57. The molecule has 1 saturated carbocycles. The number of carbonyl (C=O) groups is 2. The summed E-state index contributed by atoms with van der Waals surface area (Å²) in [5.74, 6) is -1.43. The van der Waals surface area contributed by atoms with Gasteiger partial charge in [0.15, 0.2) is 0 Å². The molecule has 0 spiro atoms. The van der Waals surface area contributed by atoms with E-state index in [0.29, 0.717) is 6.42 Å². The summed E-state index contributed by atoms with van der Waals surface area (Å²) in [4.78, 5) is 23.2. The maximum atomic E-state index is 12.0. The fourth-order valence-electron chi connectivity index (χ4n) is 2.20. The first-order valence-electron chi connectivity index (χ1n) is 6.82. The molecule has 1 aliphatic rings. The first-order valence-corrected chi connectivity index (χ1v) is 6.82. The summed E-state index contributed by atoms with van der Waals surface area (Å²) >= 11 is 0. The highest BCUT2D eigenvalue weighted by Crippen LogP contribution is 2.30. The predicted molar refractivity (Wildman–Crippen MR) is 68.2 cm³/mol. The largest absolute Gasteiger partial charge is 0.478 e. The molecule has 0 heterocycles. The summed E-state index contributed by atoms with van der Waals surface area (Å²) in [6, 6.07) is 0. The van der Waals surface area contributed by atoms with E-state index in [2.05, 4.69) is 0 Å². The van der Waals surface area contributed by atoms with Gasteiger partial charge in [-0.25, -0.2) is 4.79 Å². The molecule has 1 aliphatic carbocycles. The molecule has 0 aliphatic heterocycles. The van der Waals surface area contributed by atoms with E-state index < -0.39 is 23.5 Å². The zero-order valence-corrected chi connectivity index (χ0v) is 11.6. The van der Waals surface area contributed by atoms with E-state index in [1.807, 2.05) is 6.92 Å². The second-order valence-electron chi connectivity index (χ2n) is 5.80. The Hall–Kier alpha value is -1.06. The minimum absolute atomic E-state index is 0.0205. The third kappa shape index (κ3) is 3.72. The van der Waals surface area contributed by atoms with Gasteiger partial charge in [0.2, 0.25) is 6.10 Å². The summed E-state index contributed by atoms with van der Waals surface area (Å²) in [7, 11) is 0. The Morgan fingerprint density at radius 1 is 1.28 bits per heavy atom. The molecule has 0 bridgehead atoms. The van der Waals surface area contributed by atoms with Crippen LogP contribution in [0.25, 0.3) is 0 Å².